The van der Waals surface area contributed by atoms with Crippen molar-refractivity contribution in [2.45, 2.75) is 25.8 Å². The fourth-order valence-corrected chi connectivity index (χ4v) is 2.83. The van der Waals surface area contributed by atoms with Crippen molar-refractivity contribution in [1.82, 2.24) is 10.2 Å². The summed E-state index contributed by atoms with van der Waals surface area (Å²) in [5.74, 6) is 0.00910. The minimum absolute atomic E-state index is 0.00910. The number of nitrogens with two attached hydrogens (primary N) is 1. The van der Waals surface area contributed by atoms with Crippen LogP contribution in [0.1, 0.15) is 30.1 Å². The monoisotopic (exact) mass is 304 g/mol. The van der Waals surface area contributed by atoms with E-state index in [1.54, 1.807) is 0 Å². The van der Waals surface area contributed by atoms with Gasteiger partial charge in [-0.3, -0.25) is 4.79 Å². The molecule has 1 aromatic rings. The summed E-state index contributed by atoms with van der Waals surface area (Å²) in [6.45, 7) is 6.65. The maximum atomic E-state index is 12.6. The van der Waals surface area contributed by atoms with E-state index in [1.807, 2.05) is 24.3 Å². The lowest BCUT2D eigenvalue weighted by molar-refractivity contribution is 0.0935. The van der Waals surface area contributed by atoms with Gasteiger partial charge in [0.25, 0.3) is 5.91 Å². The Morgan fingerprint density at radius 1 is 1.27 bits per heavy atom. The normalized spacial score (nSPS) is 17.3. The Kier molecular flexibility index (Phi) is 6.21. The molecule has 5 heteroatoms. The van der Waals surface area contributed by atoms with Crippen molar-refractivity contribution in [3.8, 4) is 0 Å². The highest BCUT2D eigenvalue weighted by Crippen LogP contribution is 2.22. The number of piperazine rings is 1. The quantitative estimate of drug-likeness (QED) is 0.831. The van der Waals surface area contributed by atoms with Gasteiger partial charge in [0.1, 0.15) is 0 Å². The molecule has 1 heterocycles. The lowest BCUT2D eigenvalue weighted by Crippen LogP contribution is -2.45. The molecule has 122 valence electrons. The first-order chi connectivity index (χ1) is 10.7. The van der Waals surface area contributed by atoms with Crippen LogP contribution in [0.5, 0.6) is 0 Å². The van der Waals surface area contributed by atoms with Crippen molar-refractivity contribution in [3.05, 3.63) is 29.8 Å². The van der Waals surface area contributed by atoms with Gasteiger partial charge >= 0.3 is 0 Å². The molecular formula is C17H28N4O. The van der Waals surface area contributed by atoms with E-state index < -0.39 is 0 Å². The fraction of sp³-hybridized carbons (Fsp3) is 0.588. The Labute approximate surface area is 133 Å². The summed E-state index contributed by atoms with van der Waals surface area (Å²) >= 11 is 0. The SMILES string of the molecule is CCC(CCN)NC(=O)c1ccccc1N1CCN(C)CC1. The van der Waals surface area contributed by atoms with Crippen LogP contribution < -0.4 is 16.0 Å². The third kappa shape index (κ3) is 4.21. The molecule has 1 aromatic carbocycles. The van der Waals surface area contributed by atoms with Gasteiger partial charge in [-0.25, -0.2) is 0 Å². The van der Waals surface area contributed by atoms with Gasteiger partial charge in [0.15, 0.2) is 0 Å². The summed E-state index contributed by atoms with van der Waals surface area (Å²) in [4.78, 5) is 17.2. The number of carbonyl (C=O) groups excluding carboxylic acids is 1. The van der Waals surface area contributed by atoms with Crippen molar-refractivity contribution >= 4 is 11.6 Å². The fourth-order valence-electron chi connectivity index (χ4n) is 2.83. The van der Waals surface area contributed by atoms with Gasteiger partial charge < -0.3 is 20.9 Å². The van der Waals surface area contributed by atoms with Gasteiger partial charge in [-0.15, -0.1) is 0 Å². The van der Waals surface area contributed by atoms with E-state index in [0.29, 0.717) is 6.54 Å². The summed E-state index contributed by atoms with van der Waals surface area (Å²) in [6, 6.07) is 8.04. The largest absolute Gasteiger partial charge is 0.368 e. The summed E-state index contributed by atoms with van der Waals surface area (Å²) in [5.41, 5.74) is 7.42. The molecule has 0 aliphatic carbocycles. The number of likely N-dealkylation sites (N-methyl/N-ethyl adjacent to an activating group) is 1. The standard InChI is InChI=1S/C17H28N4O/c1-3-14(8-9-18)19-17(22)15-6-4-5-7-16(15)21-12-10-20(2)11-13-21/h4-7,14H,3,8-13,18H2,1-2H3,(H,19,22). The van der Waals surface area contributed by atoms with E-state index in [0.717, 1.165) is 50.3 Å². The van der Waals surface area contributed by atoms with Crippen LogP contribution >= 0.6 is 0 Å². The molecular weight excluding hydrogens is 276 g/mol. The Morgan fingerprint density at radius 3 is 2.59 bits per heavy atom. The molecule has 1 aliphatic heterocycles. The summed E-state index contributed by atoms with van der Waals surface area (Å²) < 4.78 is 0. The first kappa shape index (κ1) is 16.8. The second-order valence-electron chi connectivity index (χ2n) is 5.96. The predicted octanol–water partition coefficient (Wildman–Crippen LogP) is 1.30. The van der Waals surface area contributed by atoms with E-state index in [1.165, 1.54) is 0 Å². The number of benzene rings is 1. The Hall–Kier alpha value is -1.59. The molecule has 2 rings (SSSR count). The molecule has 0 bridgehead atoms. The lowest BCUT2D eigenvalue weighted by Gasteiger charge is -2.35. The lowest BCUT2D eigenvalue weighted by atomic mass is 10.1. The second-order valence-corrected chi connectivity index (χ2v) is 5.96. The molecule has 0 radical (unpaired) electrons. The maximum absolute atomic E-state index is 12.6. The number of rotatable bonds is 6. The first-order valence-corrected chi connectivity index (χ1v) is 8.19. The second kappa shape index (κ2) is 8.15. The van der Waals surface area contributed by atoms with Crippen LogP contribution in [-0.2, 0) is 0 Å². The summed E-state index contributed by atoms with van der Waals surface area (Å²) in [7, 11) is 2.13. The number of nitrogens with one attached hydrogen (secondary N) is 1. The molecule has 0 spiro atoms. The van der Waals surface area contributed by atoms with Gasteiger partial charge in [0.2, 0.25) is 0 Å². The van der Waals surface area contributed by atoms with Crippen molar-refractivity contribution < 1.29 is 4.79 Å². The maximum Gasteiger partial charge on any atom is 0.253 e. The van der Waals surface area contributed by atoms with Crippen LogP contribution in [0.2, 0.25) is 0 Å². The third-order valence-corrected chi connectivity index (χ3v) is 4.34. The Bertz CT molecular complexity index is 483. The number of nitrogens with zero attached hydrogens (tertiary/aromatic N) is 2. The number of hydrogen-bond donors (Lipinski definition) is 2. The van der Waals surface area contributed by atoms with Gasteiger partial charge in [-0.2, -0.15) is 0 Å². The molecule has 1 unspecified atom stereocenters. The molecule has 0 saturated carbocycles. The van der Waals surface area contributed by atoms with Crippen LogP contribution in [0.15, 0.2) is 24.3 Å². The van der Waals surface area contributed by atoms with E-state index >= 15 is 0 Å². The smallest absolute Gasteiger partial charge is 0.253 e. The van der Waals surface area contributed by atoms with Gasteiger partial charge in [0, 0.05) is 37.9 Å². The van der Waals surface area contributed by atoms with Crippen LogP contribution in [0.4, 0.5) is 5.69 Å². The number of amides is 1. The first-order valence-electron chi connectivity index (χ1n) is 8.19. The molecule has 3 N–H and O–H groups in total. The number of anilines is 1. The zero-order valence-electron chi connectivity index (χ0n) is 13.7. The van der Waals surface area contributed by atoms with Crippen LogP contribution in [0.3, 0.4) is 0 Å². The molecule has 22 heavy (non-hydrogen) atoms. The highest BCUT2D eigenvalue weighted by molar-refractivity contribution is 6.00. The average Bonchev–Trinajstić information content (AvgIpc) is 2.55. The number of hydrogen-bond acceptors (Lipinski definition) is 4. The molecule has 1 saturated heterocycles. The van der Waals surface area contributed by atoms with Crippen LogP contribution in [0.25, 0.3) is 0 Å². The highest BCUT2D eigenvalue weighted by Gasteiger charge is 2.20. The highest BCUT2D eigenvalue weighted by atomic mass is 16.1. The van der Waals surface area contributed by atoms with E-state index in [-0.39, 0.29) is 11.9 Å². The topological polar surface area (TPSA) is 61.6 Å². The minimum atomic E-state index is 0.00910. The molecule has 1 aliphatic rings. The van der Waals surface area contributed by atoms with Crippen LogP contribution in [-0.4, -0.2) is 56.6 Å². The molecule has 1 amide bonds. The van der Waals surface area contributed by atoms with Crippen molar-refractivity contribution in [1.29, 1.82) is 0 Å². The van der Waals surface area contributed by atoms with E-state index in [4.69, 9.17) is 5.73 Å². The van der Waals surface area contributed by atoms with E-state index in [2.05, 4.69) is 29.1 Å². The minimum Gasteiger partial charge on any atom is -0.368 e. The van der Waals surface area contributed by atoms with E-state index in [9.17, 15) is 4.79 Å². The average molecular weight is 304 g/mol. The molecule has 1 atom stereocenters. The van der Waals surface area contributed by atoms with Gasteiger partial charge in [-0.1, -0.05) is 19.1 Å². The van der Waals surface area contributed by atoms with Crippen molar-refractivity contribution in [3.63, 3.8) is 0 Å². The Balaban J connectivity index is 2.12. The third-order valence-electron chi connectivity index (χ3n) is 4.34. The molecule has 5 nitrogen and oxygen atoms in total. The molecule has 0 aromatic heterocycles. The zero-order chi connectivity index (χ0) is 15.9. The zero-order valence-corrected chi connectivity index (χ0v) is 13.7. The number of para-hydroxylation sites is 1. The van der Waals surface area contributed by atoms with Gasteiger partial charge in [-0.05, 0) is 38.6 Å². The van der Waals surface area contributed by atoms with Crippen molar-refractivity contribution in [2.75, 3.05) is 44.7 Å². The molecule has 1 fully saturated rings. The summed E-state index contributed by atoms with van der Waals surface area (Å²) in [5, 5.41) is 3.12. The Morgan fingerprint density at radius 2 is 1.95 bits per heavy atom. The van der Waals surface area contributed by atoms with Crippen LogP contribution in [0, 0.1) is 0 Å². The summed E-state index contributed by atoms with van der Waals surface area (Å²) in [6.07, 6.45) is 1.72. The van der Waals surface area contributed by atoms with Gasteiger partial charge in [0.05, 0.1) is 5.56 Å². The van der Waals surface area contributed by atoms with Crippen molar-refractivity contribution in [2.24, 2.45) is 5.73 Å². The predicted molar refractivity (Wildman–Crippen MR) is 91.4 cm³/mol. The number of carbonyl (C=O) groups is 1.